The molecule has 0 heterocycles. The van der Waals surface area contributed by atoms with Gasteiger partial charge < -0.3 is 20.4 Å². The number of carboxylic acid groups (broad SMARTS) is 1. The number of aromatic carboxylic acids is 1. The smallest absolute Gasteiger partial charge is 0.338 e. The maximum atomic E-state index is 11.9. The zero-order valence-corrected chi connectivity index (χ0v) is 11.2. The zero-order valence-electron chi connectivity index (χ0n) is 11.2. The van der Waals surface area contributed by atoms with Gasteiger partial charge in [-0.25, -0.2) is 9.59 Å². The van der Waals surface area contributed by atoms with Crippen LogP contribution in [0.15, 0.2) is 18.2 Å². The Bertz CT molecular complexity index is 488. The van der Waals surface area contributed by atoms with Crippen molar-refractivity contribution >= 4 is 17.7 Å². The molecule has 0 aliphatic carbocycles. The molecule has 0 fully saturated rings. The number of anilines is 1. The highest BCUT2D eigenvalue weighted by Gasteiger charge is 2.19. The number of amides is 2. The molecule has 0 saturated carbocycles. The molecule has 1 aromatic rings. The van der Waals surface area contributed by atoms with Crippen LogP contribution in [0, 0.1) is 6.92 Å². The van der Waals surface area contributed by atoms with Crippen LogP contribution in [-0.2, 0) is 0 Å². The van der Waals surface area contributed by atoms with E-state index in [1.54, 1.807) is 26.0 Å². The van der Waals surface area contributed by atoms with Gasteiger partial charge in [0.05, 0.1) is 23.9 Å². The number of urea groups is 1. The fourth-order valence-corrected chi connectivity index (χ4v) is 1.58. The normalized spacial score (nSPS) is 11.8. The summed E-state index contributed by atoms with van der Waals surface area (Å²) < 4.78 is 0. The van der Waals surface area contributed by atoms with Crippen molar-refractivity contribution < 1.29 is 19.8 Å². The van der Waals surface area contributed by atoms with Gasteiger partial charge in [-0.15, -0.1) is 0 Å². The topological polar surface area (TPSA) is 89.9 Å². The molecule has 104 valence electrons. The van der Waals surface area contributed by atoms with Crippen molar-refractivity contribution in [1.29, 1.82) is 0 Å². The fraction of sp³-hybridized carbons (Fsp3) is 0.385. The van der Waals surface area contributed by atoms with Crippen molar-refractivity contribution in [3.8, 4) is 0 Å². The summed E-state index contributed by atoms with van der Waals surface area (Å²) in [7, 11) is 1.53. The van der Waals surface area contributed by atoms with Crippen LogP contribution in [0.3, 0.4) is 0 Å². The summed E-state index contributed by atoms with van der Waals surface area (Å²) in [5, 5.41) is 20.7. The molecule has 1 rings (SSSR count). The quantitative estimate of drug-likeness (QED) is 0.771. The predicted molar refractivity (Wildman–Crippen MR) is 71.5 cm³/mol. The van der Waals surface area contributed by atoms with Gasteiger partial charge in [-0.3, -0.25) is 0 Å². The van der Waals surface area contributed by atoms with Crippen LogP contribution in [0.1, 0.15) is 22.8 Å². The first kappa shape index (κ1) is 15.0. The van der Waals surface area contributed by atoms with Crippen LogP contribution in [0.25, 0.3) is 0 Å². The third-order valence-electron chi connectivity index (χ3n) is 2.97. The number of hydrogen-bond donors (Lipinski definition) is 3. The first-order chi connectivity index (χ1) is 8.88. The minimum absolute atomic E-state index is 0.0703. The van der Waals surface area contributed by atoms with Crippen molar-refractivity contribution in [2.45, 2.75) is 19.9 Å². The monoisotopic (exact) mass is 266 g/mol. The van der Waals surface area contributed by atoms with Crippen molar-refractivity contribution in [3.63, 3.8) is 0 Å². The number of likely N-dealkylation sites (N-methyl/N-ethyl adjacent to an activating group) is 1. The molecule has 1 atom stereocenters. The second-order valence-electron chi connectivity index (χ2n) is 4.38. The highest BCUT2D eigenvalue weighted by Crippen LogP contribution is 2.20. The van der Waals surface area contributed by atoms with Crippen molar-refractivity contribution in [1.82, 2.24) is 4.90 Å². The van der Waals surface area contributed by atoms with E-state index in [9.17, 15) is 9.59 Å². The largest absolute Gasteiger partial charge is 0.478 e. The summed E-state index contributed by atoms with van der Waals surface area (Å²) in [5.74, 6) is -1.09. The number of aliphatic hydroxyl groups excluding tert-OH is 1. The Morgan fingerprint density at radius 2 is 2.05 bits per heavy atom. The van der Waals surface area contributed by atoms with Crippen LogP contribution in [-0.4, -0.2) is 46.8 Å². The summed E-state index contributed by atoms with van der Waals surface area (Å²) in [6.07, 6.45) is 0. The van der Waals surface area contributed by atoms with E-state index >= 15 is 0 Å². The minimum Gasteiger partial charge on any atom is -0.478 e. The number of nitrogens with zero attached hydrogens (tertiary/aromatic N) is 1. The van der Waals surface area contributed by atoms with Crippen LogP contribution in [0.4, 0.5) is 10.5 Å². The summed E-state index contributed by atoms with van der Waals surface area (Å²) in [6.45, 7) is 3.19. The Morgan fingerprint density at radius 3 is 2.58 bits per heavy atom. The highest BCUT2D eigenvalue weighted by atomic mass is 16.4. The molecule has 0 radical (unpaired) electrons. The molecular weight excluding hydrogens is 248 g/mol. The fourth-order valence-electron chi connectivity index (χ4n) is 1.58. The average Bonchev–Trinajstić information content (AvgIpc) is 2.36. The van der Waals surface area contributed by atoms with Gasteiger partial charge in [-0.2, -0.15) is 0 Å². The number of hydrogen-bond acceptors (Lipinski definition) is 3. The lowest BCUT2D eigenvalue weighted by molar-refractivity contribution is 0.0697. The van der Waals surface area contributed by atoms with Crippen LogP contribution < -0.4 is 5.32 Å². The zero-order chi connectivity index (χ0) is 14.6. The van der Waals surface area contributed by atoms with Gasteiger partial charge >= 0.3 is 12.0 Å². The van der Waals surface area contributed by atoms with E-state index in [0.29, 0.717) is 5.56 Å². The Balaban J connectivity index is 2.97. The molecule has 19 heavy (non-hydrogen) atoms. The second kappa shape index (κ2) is 6.19. The molecule has 0 aromatic heterocycles. The standard InChI is InChI=1S/C13H18N2O4/c1-8-5-4-6-10(11(8)12(17)18)14-13(19)15(3)9(2)7-16/h4-6,9,16H,7H2,1-3H3,(H,14,19)(H,17,18). The molecule has 1 unspecified atom stereocenters. The molecular formula is C13H18N2O4. The molecule has 0 spiro atoms. The van der Waals surface area contributed by atoms with E-state index in [-0.39, 0.29) is 23.9 Å². The van der Waals surface area contributed by atoms with E-state index in [1.165, 1.54) is 18.0 Å². The van der Waals surface area contributed by atoms with E-state index in [4.69, 9.17) is 10.2 Å². The minimum atomic E-state index is -1.09. The Labute approximate surface area is 111 Å². The average molecular weight is 266 g/mol. The third kappa shape index (κ3) is 3.45. The lowest BCUT2D eigenvalue weighted by Gasteiger charge is -2.24. The maximum absolute atomic E-state index is 11.9. The number of rotatable bonds is 4. The van der Waals surface area contributed by atoms with Crippen LogP contribution in [0.5, 0.6) is 0 Å². The van der Waals surface area contributed by atoms with Crippen molar-refractivity contribution in [3.05, 3.63) is 29.3 Å². The van der Waals surface area contributed by atoms with Gasteiger partial charge in [0.15, 0.2) is 0 Å². The number of carboxylic acids is 1. The molecule has 0 aliphatic heterocycles. The highest BCUT2D eigenvalue weighted by molar-refractivity contribution is 6.01. The number of carbonyl (C=O) groups excluding carboxylic acids is 1. The molecule has 6 heteroatoms. The molecule has 2 amide bonds. The summed E-state index contributed by atoms with van der Waals surface area (Å²) >= 11 is 0. The molecule has 6 nitrogen and oxygen atoms in total. The van der Waals surface area contributed by atoms with E-state index in [2.05, 4.69) is 5.32 Å². The first-order valence-electron chi connectivity index (χ1n) is 5.86. The van der Waals surface area contributed by atoms with Crippen LogP contribution in [0.2, 0.25) is 0 Å². The van der Waals surface area contributed by atoms with Gasteiger partial charge in [-0.1, -0.05) is 12.1 Å². The van der Waals surface area contributed by atoms with Gasteiger partial charge in [0.2, 0.25) is 0 Å². The number of aryl methyl sites for hydroxylation is 1. The number of nitrogens with one attached hydrogen (secondary N) is 1. The number of carbonyl (C=O) groups is 2. The lowest BCUT2D eigenvalue weighted by Crippen LogP contribution is -2.40. The lowest BCUT2D eigenvalue weighted by atomic mass is 10.1. The van der Waals surface area contributed by atoms with E-state index in [1.807, 2.05) is 0 Å². The Kier molecular flexibility index (Phi) is 4.88. The second-order valence-corrected chi connectivity index (χ2v) is 4.38. The Morgan fingerprint density at radius 1 is 1.42 bits per heavy atom. The molecule has 0 bridgehead atoms. The summed E-state index contributed by atoms with van der Waals surface area (Å²) in [5.41, 5.74) is 0.888. The summed E-state index contributed by atoms with van der Waals surface area (Å²) in [4.78, 5) is 24.4. The molecule has 0 aliphatic rings. The third-order valence-corrected chi connectivity index (χ3v) is 2.97. The molecule has 0 saturated heterocycles. The number of benzene rings is 1. The first-order valence-corrected chi connectivity index (χ1v) is 5.86. The van der Waals surface area contributed by atoms with E-state index < -0.39 is 12.0 Å². The van der Waals surface area contributed by atoms with Crippen molar-refractivity contribution in [2.24, 2.45) is 0 Å². The van der Waals surface area contributed by atoms with E-state index in [0.717, 1.165) is 0 Å². The van der Waals surface area contributed by atoms with Crippen LogP contribution >= 0.6 is 0 Å². The SMILES string of the molecule is Cc1cccc(NC(=O)N(C)C(C)CO)c1C(=O)O. The molecule has 1 aromatic carbocycles. The van der Waals surface area contributed by atoms with Gasteiger partial charge in [0.1, 0.15) is 0 Å². The van der Waals surface area contributed by atoms with Gasteiger partial charge in [-0.05, 0) is 25.5 Å². The maximum Gasteiger partial charge on any atom is 0.338 e. The van der Waals surface area contributed by atoms with Gasteiger partial charge in [0, 0.05) is 7.05 Å². The Hall–Kier alpha value is -2.08. The number of aliphatic hydroxyl groups is 1. The molecule has 3 N–H and O–H groups in total. The predicted octanol–water partition coefficient (Wildman–Crippen LogP) is 1.54. The summed E-state index contributed by atoms with van der Waals surface area (Å²) in [6, 6.07) is 4.06. The van der Waals surface area contributed by atoms with Crippen molar-refractivity contribution in [2.75, 3.05) is 19.0 Å². The van der Waals surface area contributed by atoms with Gasteiger partial charge in [0.25, 0.3) is 0 Å².